The van der Waals surface area contributed by atoms with Gasteiger partial charge in [-0.2, -0.15) is 0 Å². The third-order valence-electron chi connectivity index (χ3n) is 7.75. The van der Waals surface area contributed by atoms with E-state index in [-0.39, 0.29) is 30.6 Å². The number of piperazine rings is 1. The molecule has 0 radical (unpaired) electrons. The summed E-state index contributed by atoms with van der Waals surface area (Å²) in [4.78, 5) is 45.4. The molecule has 0 spiro atoms. The number of carbonyl (C=O) groups excluding carboxylic acids is 2. The van der Waals surface area contributed by atoms with Gasteiger partial charge in [-0.25, -0.2) is 14.8 Å². The number of benzene rings is 1. The van der Waals surface area contributed by atoms with Crippen molar-refractivity contribution in [1.29, 1.82) is 0 Å². The highest BCUT2D eigenvalue weighted by Gasteiger charge is 2.45. The first-order chi connectivity index (χ1) is 18.5. The Morgan fingerprint density at radius 1 is 1.10 bits per heavy atom. The van der Waals surface area contributed by atoms with Crippen LogP contribution in [-0.2, 0) is 9.53 Å². The fourth-order valence-electron chi connectivity index (χ4n) is 6.22. The zero-order valence-corrected chi connectivity index (χ0v) is 24.0. The van der Waals surface area contributed by atoms with Crippen molar-refractivity contribution in [2.75, 3.05) is 24.6 Å². The van der Waals surface area contributed by atoms with E-state index < -0.39 is 17.6 Å². The maximum atomic E-state index is 14.2. The molecule has 10 heteroatoms. The largest absolute Gasteiger partial charge is 0.448 e. The lowest BCUT2D eigenvalue weighted by atomic mass is 9.96. The van der Waals surface area contributed by atoms with Gasteiger partial charge in [0.1, 0.15) is 24.4 Å². The van der Waals surface area contributed by atoms with Gasteiger partial charge in [-0.05, 0) is 71.2 Å². The highest BCUT2D eigenvalue weighted by molar-refractivity contribution is 6.30. The Hall–Kier alpha value is -3.33. The Kier molecular flexibility index (Phi) is 7.46. The van der Waals surface area contributed by atoms with Gasteiger partial charge in [-0.1, -0.05) is 23.7 Å². The molecule has 9 nitrogen and oxygen atoms in total. The maximum absolute atomic E-state index is 14.2. The van der Waals surface area contributed by atoms with E-state index in [0.29, 0.717) is 18.1 Å². The molecule has 2 aromatic heterocycles. The topological polar surface area (TPSA) is 94.7 Å². The van der Waals surface area contributed by atoms with Crippen molar-refractivity contribution in [3.63, 3.8) is 0 Å². The van der Waals surface area contributed by atoms with Crippen molar-refractivity contribution in [3.05, 3.63) is 53.4 Å². The number of nitrogens with one attached hydrogen (secondary N) is 1. The van der Waals surface area contributed by atoms with Gasteiger partial charge >= 0.3 is 6.09 Å². The van der Waals surface area contributed by atoms with Gasteiger partial charge < -0.3 is 24.4 Å². The minimum atomic E-state index is -0.620. The Labute approximate surface area is 234 Å². The predicted molar refractivity (Wildman–Crippen MR) is 152 cm³/mol. The van der Waals surface area contributed by atoms with E-state index in [0.717, 1.165) is 35.3 Å². The van der Waals surface area contributed by atoms with E-state index in [9.17, 15) is 9.59 Å². The number of H-pyrrole nitrogens is 1. The normalized spacial score (nSPS) is 20.0. The van der Waals surface area contributed by atoms with E-state index in [2.05, 4.69) is 19.9 Å². The summed E-state index contributed by atoms with van der Waals surface area (Å²) >= 11 is 6.16. The number of ether oxygens (including phenoxy) is 1. The predicted octanol–water partition coefficient (Wildman–Crippen LogP) is 5.22. The Balaban J connectivity index is 1.37. The lowest BCUT2D eigenvalue weighted by molar-refractivity contribution is -0.137. The zero-order valence-electron chi connectivity index (χ0n) is 23.2. The molecule has 4 heterocycles. The average Bonchev–Trinajstić information content (AvgIpc) is 3.45. The third kappa shape index (κ3) is 5.41. The van der Waals surface area contributed by atoms with Crippen molar-refractivity contribution in [3.8, 4) is 0 Å². The number of anilines is 1. The highest BCUT2D eigenvalue weighted by Crippen LogP contribution is 2.36. The molecule has 0 unspecified atom stereocenters. The molecule has 2 amide bonds. The molecule has 39 heavy (non-hydrogen) atoms. The van der Waals surface area contributed by atoms with Crippen LogP contribution in [0.15, 0.2) is 42.9 Å². The number of aromatic nitrogens is 3. The molecule has 208 valence electrons. The molecule has 1 aromatic carbocycles. The van der Waals surface area contributed by atoms with Crippen LogP contribution in [0.3, 0.4) is 0 Å². The molecule has 2 bridgehead atoms. The van der Waals surface area contributed by atoms with Crippen LogP contribution >= 0.6 is 11.6 Å². The van der Waals surface area contributed by atoms with Crippen molar-refractivity contribution in [2.24, 2.45) is 0 Å². The number of nitrogens with zero attached hydrogens (tertiary/aromatic N) is 5. The van der Waals surface area contributed by atoms with Crippen LogP contribution in [0.25, 0.3) is 11.0 Å². The standard InChI is InChI=1S/C29H37ClN6O3/c1-18(2)36(29(3,4)5)28(38)39-16-24(19-6-8-20(30)9-7-19)27(37)35-21-10-11-22(35)15-34(14-21)26-23-12-13-31-25(23)32-17-33-26/h6-9,12-13,17-18,21-22,24H,10-11,14-16H2,1-5H3,(H,31,32,33)/t21-,22+,24-/m1/s1. The van der Waals surface area contributed by atoms with Crippen LogP contribution in [0, 0.1) is 0 Å². The number of hydrogen-bond acceptors (Lipinski definition) is 6. The summed E-state index contributed by atoms with van der Waals surface area (Å²) in [7, 11) is 0. The summed E-state index contributed by atoms with van der Waals surface area (Å²) in [5.74, 6) is 0.258. The molecule has 5 rings (SSSR count). The van der Waals surface area contributed by atoms with Crippen LogP contribution in [-0.4, -0.2) is 80.1 Å². The number of hydrogen-bond donors (Lipinski definition) is 1. The van der Waals surface area contributed by atoms with Gasteiger partial charge in [0, 0.05) is 48.0 Å². The minimum Gasteiger partial charge on any atom is -0.448 e. The zero-order chi connectivity index (χ0) is 27.9. The highest BCUT2D eigenvalue weighted by atomic mass is 35.5. The number of fused-ring (bicyclic) bond motifs is 3. The number of rotatable bonds is 6. The molecule has 2 saturated heterocycles. The van der Waals surface area contributed by atoms with Crippen LogP contribution in [0.5, 0.6) is 0 Å². The minimum absolute atomic E-state index is 0.0152. The molecule has 2 aliphatic heterocycles. The summed E-state index contributed by atoms with van der Waals surface area (Å²) < 4.78 is 5.85. The summed E-state index contributed by atoms with van der Waals surface area (Å²) in [6, 6.07) is 9.30. The van der Waals surface area contributed by atoms with E-state index in [1.54, 1.807) is 23.4 Å². The second kappa shape index (κ2) is 10.7. The lowest BCUT2D eigenvalue weighted by Gasteiger charge is -2.43. The monoisotopic (exact) mass is 552 g/mol. The van der Waals surface area contributed by atoms with Crippen molar-refractivity contribution >= 4 is 40.5 Å². The maximum Gasteiger partial charge on any atom is 0.410 e. The average molecular weight is 553 g/mol. The fraction of sp³-hybridized carbons (Fsp3) is 0.517. The number of aromatic amines is 1. The molecular weight excluding hydrogens is 516 g/mol. The quantitative estimate of drug-likeness (QED) is 0.450. The molecule has 2 fully saturated rings. The van der Waals surface area contributed by atoms with Gasteiger partial charge in [0.15, 0.2) is 0 Å². The lowest BCUT2D eigenvalue weighted by Crippen LogP contribution is -2.57. The molecule has 3 atom stereocenters. The summed E-state index contributed by atoms with van der Waals surface area (Å²) in [6.45, 7) is 11.2. The first-order valence-electron chi connectivity index (χ1n) is 13.6. The van der Waals surface area contributed by atoms with E-state index in [4.69, 9.17) is 16.3 Å². The first kappa shape index (κ1) is 27.2. The van der Waals surface area contributed by atoms with Crippen LogP contribution < -0.4 is 4.90 Å². The summed E-state index contributed by atoms with van der Waals surface area (Å²) in [5, 5.41) is 1.58. The molecule has 0 saturated carbocycles. The van der Waals surface area contributed by atoms with Crippen LogP contribution in [0.4, 0.5) is 10.6 Å². The van der Waals surface area contributed by atoms with E-state index >= 15 is 0 Å². The van der Waals surface area contributed by atoms with Crippen molar-refractivity contribution in [2.45, 2.75) is 77.0 Å². The summed E-state index contributed by atoms with van der Waals surface area (Å²) in [5.41, 5.74) is 1.18. The SMILES string of the molecule is CC(C)N(C(=O)OC[C@@H](C(=O)N1[C@@H]2CC[C@H]1CN(c1ncnc3[nH]ccc13)C2)c1ccc(Cl)cc1)C(C)(C)C. The smallest absolute Gasteiger partial charge is 0.410 e. The fourth-order valence-corrected chi connectivity index (χ4v) is 6.34. The number of carbonyl (C=O) groups is 2. The molecule has 0 aliphatic carbocycles. The van der Waals surface area contributed by atoms with Gasteiger partial charge in [0.05, 0.1) is 11.3 Å². The van der Waals surface area contributed by atoms with Gasteiger partial charge in [0.2, 0.25) is 5.91 Å². The molecule has 3 aromatic rings. The Morgan fingerprint density at radius 2 is 1.77 bits per heavy atom. The third-order valence-corrected chi connectivity index (χ3v) is 8.00. The van der Waals surface area contributed by atoms with E-state index in [1.807, 2.05) is 63.9 Å². The second-order valence-electron chi connectivity index (χ2n) is 11.8. The van der Waals surface area contributed by atoms with Crippen LogP contribution in [0.2, 0.25) is 5.02 Å². The molecular formula is C29H37ClN6O3. The van der Waals surface area contributed by atoms with Gasteiger partial charge in [-0.15, -0.1) is 0 Å². The van der Waals surface area contributed by atoms with E-state index in [1.165, 1.54) is 0 Å². The van der Waals surface area contributed by atoms with Crippen molar-refractivity contribution in [1.82, 2.24) is 24.8 Å². The van der Waals surface area contributed by atoms with Crippen molar-refractivity contribution < 1.29 is 14.3 Å². The Morgan fingerprint density at radius 3 is 2.38 bits per heavy atom. The van der Waals surface area contributed by atoms with Crippen LogP contribution in [0.1, 0.15) is 58.9 Å². The molecule has 1 N–H and O–H groups in total. The second-order valence-corrected chi connectivity index (χ2v) is 12.2. The molecule has 2 aliphatic rings. The number of amides is 2. The number of halogens is 1. The summed E-state index contributed by atoms with van der Waals surface area (Å²) in [6.07, 6.45) is 4.88. The van der Waals surface area contributed by atoms with Gasteiger partial charge in [0.25, 0.3) is 0 Å². The van der Waals surface area contributed by atoms with Gasteiger partial charge in [-0.3, -0.25) is 4.79 Å². The first-order valence-corrected chi connectivity index (χ1v) is 14.0. The Bertz CT molecular complexity index is 1320.